The van der Waals surface area contributed by atoms with Gasteiger partial charge >= 0.3 is 0 Å². The summed E-state index contributed by atoms with van der Waals surface area (Å²) in [5.41, 5.74) is 1.24. The van der Waals surface area contributed by atoms with E-state index in [2.05, 4.69) is 18.7 Å². The van der Waals surface area contributed by atoms with Crippen molar-refractivity contribution < 1.29 is 4.79 Å². The van der Waals surface area contributed by atoms with Crippen LogP contribution in [0.25, 0.3) is 0 Å². The van der Waals surface area contributed by atoms with Gasteiger partial charge in [0, 0.05) is 18.9 Å². The Bertz CT molecular complexity index is 345. The predicted octanol–water partition coefficient (Wildman–Crippen LogP) is 2.15. The van der Waals surface area contributed by atoms with E-state index in [-0.39, 0.29) is 5.91 Å². The third-order valence-electron chi connectivity index (χ3n) is 2.65. The van der Waals surface area contributed by atoms with Gasteiger partial charge in [0.05, 0.1) is 0 Å². The Balaban J connectivity index is 2.16. The third-order valence-corrected chi connectivity index (χ3v) is 2.65. The molecule has 1 fully saturated rings. The van der Waals surface area contributed by atoms with Gasteiger partial charge in [-0.25, -0.2) is 0 Å². The second kappa shape index (κ2) is 3.66. The van der Waals surface area contributed by atoms with Gasteiger partial charge in [-0.3, -0.25) is 4.79 Å². The molecule has 2 heteroatoms. The van der Waals surface area contributed by atoms with Crippen LogP contribution in [0.2, 0.25) is 0 Å². The first-order chi connectivity index (χ1) is 6.81. The average molecular weight is 187 g/mol. The lowest BCUT2D eigenvalue weighted by molar-refractivity contribution is -0.125. The fourth-order valence-electron chi connectivity index (χ4n) is 1.86. The molecule has 0 aliphatic carbocycles. The fourth-order valence-corrected chi connectivity index (χ4v) is 1.86. The summed E-state index contributed by atoms with van der Waals surface area (Å²) in [5, 5.41) is 0. The number of likely N-dealkylation sites (tertiary alicyclic amines) is 1. The van der Waals surface area contributed by atoms with Crippen molar-refractivity contribution in [3.8, 4) is 0 Å². The standard InChI is InChI=1S/C12H13NO/c1-2-13-9-11(8-12(13)14)10-6-4-3-5-7-10/h2-7,11H,1,8-9H2. The van der Waals surface area contributed by atoms with Crippen molar-refractivity contribution in [3.05, 3.63) is 48.7 Å². The smallest absolute Gasteiger partial charge is 0.227 e. The lowest BCUT2D eigenvalue weighted by Crippen LogP contribution is -2.17. The molecule has 1 aromatic carbocycles. The van der Waals surface area contributed by atoms with Crippen LogP contribution in [-0.2, 0) is 4.79 Å². The number of carbonyl (C=O) groups excluding carboxylic acids is 1. The normalized spacial score (nSPS) is 21.3. The number of hydrogen-bond donors (Lipinski definition) is 0. The summed E-state index contributed by atoms with van der Waals surface area (Å²) in [7, 11) is 0. The fraction of sp³-hybridized carbons (Fsp3) is 0.250. The van der Waals surface area contributed by atoms with Gasteiger partial charge in [-0.2, -0.15) is 0 Å². The Hall–Kier alpha value is -1.57. The summed E-state index contributed by atoms with van der Waals surface area (Å²) in [5.74, 6) is 0.510. The van der Waals surface area contributed by atoms with E-state index in [1.165, 1.54) is 5.56 Å². The van der Waals surface area contributed by atoms with Crippen LogP contribution >= 0.6 is 0 Å². The highest BCUT2D eigenvalue weighted by Crippen LogP contribution is 2.27. The molecule has 1 aliphatic rings. The van der Waals surface area contributed by atoms with Gasteiger partial charge in [-0.15, -0.1) is 0 Å². The SMILES string of the molecule is C=CN1CC(c2ccccc2)CC1=O. The Morgan fingerprint density at radius 3 is 2.64 bits per heavy atom. The quantitative estimate of drug-likeness (QED) is 0.694. The molecule has 1 atom stereocenters. The van der Waals surface area contributed by atoms with Crippen LogP contribution in [0.3, 0.4) is 0 Å². The highest BCUT2D eigenvalue weighted by Gasteiger charge is 2.28. The van der Waals surface area contributed by atoms with E-state index >= 15 is 0 Å². The Morgan fingerprint density at radius 2 is 2.07 bits per heavy atom. The zero-order chi connectivity index (χ0) is 9.97. The van der Waals surface area contributed by atoms with Gasteiger partial charge in [0.25, 0.3) is 0 Å². The second-order valence-corrected chi connectivity index (χ2v) is 3.54. The van der Waals surface area contributed by atoms with Gasteiger partial charge in [-0.1, -0.05) is 36.9 Å². The molecular weight excluding hydrogens is 174 g/mol. The maximum absolute atomic E-state index is 11.4. The number of amides is 1. The summed E-state index contributed by atoms with van der Waals surface area (Å²) >= 11 is 0. The molecule has 0 saturated carbocycles. The highest BCUT2D eigenvalue weighted by atomic mass is 16.2. The lowest BCUT2D eigenvalue weighted by atomic mass is 9.99. The molecule has 72 valence electrons. The van der Waals surface area contributed by atoms with Crippen LogP contribution in [0, 0.1) is 0 Å². The topological polar surface area (TPSA) is 20.3 Å². The van der Waals surface area contributed by atoms with Crippen molar-refractivity contribution in [2.45, 2.75) is 12.3 Å². The molecule has 0 N–H and O–H groups in total. The first-order valence-electron chi connectivity index (χ1n) is 4.78. The zero-order valence-electron chi connectivity index (χ0n) is 8.02. The predicted molar refractivity (Wildman–Crippen MR) is 55.7 cm³/mol. The second-order valence-electron chi connectivity index (χ2n) is 3.54. The minimum atomic E-state index is 0.175. The Labute approximate surface area is 83.8 Å². The maximum atomic E-state index is 11.4. The molecule has 2 rings (SSSR count). The minimum Gasteiger partial charge on any atom is -0.319 e. The van der Waals surface area contributed by atoms with Crippen LogP contribution in [0.15, 0.2) is 43.1 Å². The maximum Gasteiger partial charge on any atom is 0.227 e. The number of benzene rings is 1. The molecule has 1 aliphatic heterocycles. The number of carbonyl (C=O) groups is 1. The van der Waals surface area contributed by atoms with Crippen molar-refractivity contribution in [3.63, 3.8) is 0 Å². The largest absolute Gasteiger partial charge is 0.319 e. The zero-order valence-corrected chi connectivity index (χ0v) is 8.02. The van der Waals surface area contributed by atoms with E-state index in [1.54, 1.807) is 11.1 Å². The van der Waals surface area contributed by atoms with Gasteiger partial charge in [0.2, 0.25) is 5.91 Å². The first kappa shape index (κ1) is 9.00. The van der Waals surface area contributed by atoms with Gasteiger partial charge in [-0.05, 0) is 11.8 Å². The van der Waals surface area contributed by atoms with Crippen LogP contribution in [0.5, 0.6) is 0 Å². The Morgan fingerprint density at radius 1 is 1.36 bits per heavy atom. The number of nitrogens with zero attached hydrogens (tertiary/aromatic N) is 1. The molecule has 0 radical (unpaired) electrons. The summed E-state index contributed by atoms with van der Waals surface area (Å²) in [6.07, 6.45) is 2.22. The summed E-state index contributed by atoms with van der Waals surface area (Å²) in [6.45, 7) is 4.40. The van der Waals surface area contributed by atoms with Gasteiger partial charge in [0.15, 0.2) is 0 Å². The molecule has 14 heavy (non-hydrogen) atoms. The molecule has 1 heterocycles. The van der Waals surface area contributed by atoms with Crippen molar-refractivity contribution in [2.24, 2.45) is 0 Å². The van der Waals surface area contributed by atoms with Crippen molar-refractivity contribution >= 4 is 5.91 Å². The van der Waals surface area contributed by atoms with E-state index in [4.69, 9.17) is 0 Å². The molecule has 1 aromatic rings. The van der Waals surface area contributed by atoms with Crippen LogP contribution in [0.1, 0.15) is 17.9 Å². The summed E-state index contributed by atoms with van der Waals surface area (Å²) in [6, 6.07) is 10.2. The van der Waals surface area contributed by atoms with Crippen molar-refractivity contribution in [1.82, 2.24) is 4.90 Å². The summed E-state index contributed by atoms with van der Waals surface area (Å²) < 4.78 is 0. The van der Waals surface area contributed by atoms with Crippen molar-refractivity contribution in [2.75, 3.05) is 6.54 Å². The van der Waals surface area contributed by atoms with Crippen LogP contribution in [0.4, 0.5) is 0 Å². The molecule has 1 unspecified atom stereocenters. The van der Waals surface area contributed by atoms with E-state index in [9.17, 15) is 4.79 Å². The summed E-state index contributed by atoms with van der Waals surface area (Å²) in [4.78, 5) is 13.1. The molecule has 0 spiro atoms. The first-order valence-corrected chi connectivity index (χ1v) is 4.78. The molecular formula is C12H13NO. The van der Waals surface area contributed by atoms with Crippen molar-refractivity contribution in [1.29, 1.82) is 0 Å². The van der Waals surface area contributed by atoms with E-state index in [1.807, 2.05) is 18.2 Å². The Kier molecular flexibility index (Phi) is 2.35. The van der Waals surface area contributed by atoms with E-state index in [0.29, 0.717) is 12.3 Å². The molecule has 0 aromatic heterocycles. The van der Waals surface area contributed by atoms with E-state index in [0.717, 1.165) is 6.54 Å². The monoisotopic (exact) mass is 187 g/mol. The minimum absolute atomic E-state index is 0.175. The van der Waals surface area contributed by atoms with Crippen LogP contribution < -0.4 is 0 Å². The molecule has 1 saturated heterocycles. The molecule has 0 bridgehead atoms. The number of hydrogen-bond acceptors (Lipinski definition) is 1. The van der Waals surface area contributed by atoms with Crippen LogP contribution in [-0.4, -0.2) is 17.4 Å². The molecule has 1 amide bonds. The average Bonchev–Trinajstić information content (AvgIpc) is 2.61. The lowest BCUT2D eigenvalue weighted by Gasteiger charge is -2.10. The van der Waals surface area contributed by atoms with E-state index < -0.39 is 0 Å². The van der Waals surface area contributed by atoms with Gasteiger partial charge < -0.3 is 4.90 Å². The highest BCUT2D eigenvalue weighted by molar-refractivity contribution is 5.80. The number of rotatable bonds is 2. The molecule has 2 nitrogen and oxygen atoms in total. The van der Waals surface area contributed by atoms with Gasteiger partial charge in [0.1, 0.15) is 0 Å². The third kappa shape index (κ3) is 1.55.